The summed E-state index contributed by atoms with van der Waals surface area (Å²) in [4.78, 5) is 6.65. The van der Waals surface area contributed by atoms with Gasteiger partial charge in [-0.25, -0.2) is 0 Å². The Morgan fingerprint density at radius 2 is 1.20 bits per heavy atom. The smallest absolute Gasteiger partial charge is 0.143 e. The van der Waals surface area contributed by atoms with Crippen LogP contribution in [0.3, 0.4) is 0 Å². The third-order valence-electron chi connectivity index (χ3n) is 9.64. The predicted molar refractivity (Wildman–Crippen MR) is 203 cm³/mol. The molecule has 0 spiro atoms. The Hall–Kier alpha value is -6.65. The minimum atomic E-state index is 0.848. The van der Waals surface area contributed by atoms with Gasteiger partial charge in [0.1, 0.15) is 11.2 Å². The SMILES string of the molecule is c1ccc(N(c2ccc(-c3cccc4c3oc3ccncc34)cc2)c2cccc(-n3c4ccccc4c4cc5ccccc5cc43)c2)cc1. The Balaban J connectivity index is 1.12. The van der Waals surface area contributed by atoms with Crippen LogP contribution >= 0.6 is 0 Å². The van der Waals surface area contributed by atoms with Gasteiger partial charge in [-0.3, -0.25) is 4.98 Å². The molecule has 0 aliphatic heterocycles. The summed E-state index contributed by atoms with van der Waals surface area (Å²) in [5.74, 6) is 0. The second-order valence-electron chi connectivity index (χ2n) is 12.5. The largest absolute Gasteiger partial charge is 0.455 e. The molecule has 7 aromatic carbocycles. The van der Waals surface area contributed by atoms with E-state index in [0.29, 0.717) is 0 Å². The van der Waals surface area contributed by atoms with Crippen molar-refractivity contribution in [2.24, 2.45) is 0 Å². The number of fused-ring (bicyclic) bond motifs is 7. The lowest BCUT2D eigenvalue weighted by atomic mass is 10.0. The standard InChI is InChI=1S/C45H29N3O/c1-2-12-33(13-3-1)47(34-22-20-30(21-23-34)37-17-9-18-39-41-29-46-25-24-44(41)49-45(37)39)35-14-8-15-36(28-35)48-42-19-7-6-16-38(42)40-26-31-10-4-5-11-32(31)27-43(40)48/h1-29H. The van der Waals surface area contributed by atoms with E-state index < -0.39 is 0 Å². The van der Waals surface area contributed by atoms with Crippen LogP contribution in [0.5, 0.6) is 0 Å². The van der Waals surface area contributed by atoms with Gasteiger partial charge in [-0.15, -0.1) is 0 Å². The van der Waals surface area contributed by atoms with E-state index in [9.17, 15) is 0 Å². The van der Waals surface area contributed by atoms with Crippen molar-refractivity contribution in [2.45, 2.75) is 0 Å². The van der Waals surface area contributed by atoms with Crippen molar-refractivity contribution in [3.63, 3.8) is 0 Å². The molecule has 0 N–H and O–H groups in total. The van der Waals surface area contributed by atoms with Crippen LogP contribution in [0.15, 0.2) is 181 Å². The summed E-state index contributed by atoms with van der Waals surface area (Å²) in [6.07, 6.45) is 3.65. The molecule has 49 heavy (non-hydrogen) atoms. The van der Waals surface area contributed by atoms with Crippen molar-refractivity contribution in [1.82, 2.24) is 9.55 Å². The first kappa shape index (κ1) is 27.5. The summed E-state index contributed by atoms with van der Waals surface area (Å²) in [7, 11) is 0. The molecule has 0 aliphatic carbocycles. The molecule has 0 saturated heterocycles. The highest BCUT2D eigenvalue weighted by Crippen LogP contribution is 2.40. The van der Waals surface area contributed by atoms with Crippen LogP contribution in [0.1, 0.15) is 0 Å². The van der Waals surface area contributed by atoms with Crippen molar-refractivity contribution in [2.75, 3.05) is 4.90 Å². The Labute approximate surface area is 282 Å². The molecule has 0 amide bonds. The van der Waals surface area contributed by atoms with E-state index in [1.165, 1.54) is 32.6 Å². The maximum Gasteiger partial charge on any atom is 0.143 e. The lowest BCUT2D eigenvalue weighted by Crippen LogP contribution is -2.10. The fourth-order valence-electron chi connectivity index (χ4n) is 7.39. The zero-order chi connectivity index (χ0) is 32.3. The van der Waals surface area contributed by atoms with Gasteiger partial charge < -0.3 is 13.9 Å². The maximum absolute atomic E-state index is 6.33. The maximum atomic E-state index is 6.33. The highest BCUT2D eigenvalue weighted by atomic mass is 16.3. The van der Waals surface area contributed by atoms with Crippen LogP contribution in [0.25, 0.3) is 71.3 Å². The first-order valence-corrected chi connectivity index (χ1v) is 16.5. The van der Waals surface area contributed by atoms with Crippen LogP contribution in [0, 0.1) is 0 Å². The number of pyridine rings is 1. The molecular formula is C45H29N3O. The first-order valence-electron chi connectivity index (χ1n) is 16.5. The Morgan fingerprint density at radius 3 is 2.08 bits per heavy atom. The summed E-state index contributed by atoms with van der Waals surface area (Å²) in [5, 5.41) is 7.09. The second kappa shape index (κ2) is 11.0. The minimum absolute atomic E-state index is 0.848. The van der Waals surface area contributed by atoms with Crippen LogP contribution in [0.4, 0.5) is 17.1 Å². The Morgan fingerprint density at radius 1 is 0.490 bits per heavy atom. The van der Waals surface area contributed by atoms with Gasteiger partial charge in [0.25, 0.3) is 0 Å². The summed E-state index contributed by atoms with van der Waals surface area (Å²) >= 11 is 0. The number of hydrogen-bond acceptors (Lipinski definition) is 3. The number of furan rings is 1. The van der Waals surface area contributed by atoms with Gasteiger partial charge in [-0.1, -0.05) is 97.1 Å². The quantitative estimate of drug-likeness (QED) is 0.190. The first-order chi connectivity index (χ1) is 24.3. The summed E-state index contributed by atoms with van der Waals surface area (Å²) in [6.45, 7) is 0. The van der Waals surface area contributed by atoms with E-state index in [1.807, 2.05) is 12.3 Å². The fraction of sp³-hybridized carbons (Fsp3) is 0. The second-order valence-corrected chi connectivity index (χ2v) is 12.5. The zero-order valence-electron chi connectivity index (χ0n) is 26.5. The van der Waals surface area contributed by atoms with Gasteiger partial charge in [0.2, 0.25) is 0 Å². The number of anilines is 3. The van der Waals surface area contributed by atoms with Crippen molar-refractivity contribution in [1.29, 1.82) is 0 Å². The molecule has 230 valence electrons. The third-order valence-corrected chi connectivity index (χ3v) is 9.64. The molecule has 0 fully saturated rings. The number of rotatable bonds is 5. The zero-order valence-corrected chi connectivity index (χ0v) is 26.5. The molecule has 0 bridgehead atoms. The summed E-state index contributed by atoms with van der Waals surface area (Å²) < 4.78 is 8.73. The lowest BCUT2D eigenvalue weighted by Gasteiger charge is -2.26. The van der Waals surface area contributed by atoms with Gasteiger partial charge in [0.05, 0.1) is 11.0 Å². The molecular weight excluding hydrogens is 599 g/mol. The van der Waals surface area contributed by atoms with Gasteiger partial charge in [-0.05, 0) is 83.1 Å². The molecule has 4 nitrogen and oxygen atoms in total. The minimum Gasteiger partial charge on any atom is -0.455 e. The molecule has 0 aliphatic rings. The van der Waals surface area contributed by atoms with Crippen LogP contribution in [0.2, 0.25) is 0 Å². The lowest BCUT2D eigenvalue weighted by molar-refractivity contribution is 0.669. The van der Waals surface area contributed by atoms with E-state index in [2.05, 4.69) is 172 Å². The van der Waals surface area contributed by atoms with E-state index in [1.54, 1.807) is 6.20 Å². The van der Waals surface area contributed by atoms with Gasteiger partial charge >= 0.3 is 0 Å². The van der Waals surface area contributed by atoms with E-state index in [0.717, 1.165) is 55.8 Å². The van der Waals surface area contributed by atoms with Crippen LogP contribution < -0.4 is 4.90 Å². The normalized spacial score (nSPS) is 11.7. The Bertz CT molecular complexity index is 2830. The molecule has 3 aromatic heterocycles. The molecule has 0 saturated carbocycles. The van der Waals surface area contributed by atoms with Crippen LogP contribution in [-0.4, -0.2) is 9.55 Å². The van der Waals surface area contributed by atoms with Crippen molar-refractivity contribution < 1.29 is 4.42 Å². The molecule has 0 atom stereocenters. The number of benzene rings is 7. The predicted octanol–water partition coefficient (Wildman–Crippen LogP) is 12.4. The molecule has 10 aromatic rings. The monoisotopic (exact) mass is 627 g/mol. The van der Waals surface area contributed by atoms with Gasteiger partial charge in [0, 0.05) is 62.3 Å². The third kappa shape index (κ3) is 4.42. The van der Waals surface area contributed by atoms with Crippen molar-refractivity contribution >= 4 is 71.6 Å². The molecule has 0 unspecified atom stereocenters. The average molecular weight is 628 g/mol. The Kier molecular flexibility index (Phi) is 6.15. The number of aromatic nitrogens is 2. The molecule has 3 heterocycles. The van der Waals surface area contributed by atoms with Gasteiger partial charge in [0.15, 0.2) is 0 Å². The van der Waals surface area contributed by atoms with E-state index in [-0.39, 0.29) is 0 Å². The summed E-state index contributed by atoms with van der Waals surface area (Å²) in [6, 6.07) is 58.4. The number of nitrogens with zero attached hydrogens (tertiary/aromatic N) is 3. The van der Waals surface area contributed by atoms with Gasteiger partial charge in [-0.2, -0.15) is 0 Å². The topological polar surface area (TPSA) is 34.2 Å². The fourth-order valence-corrected chi connectivity index (χ4v) is 7.39. The van der Waals surface area contributed by atoms with E-state index >= 15 is 0 Å². The average Bonchev–Trinajstić information content (AvgIpc) is 3.70. The molecule has 10 rings (SSSR count). The highest BCUT2D eigenvalue weighted by Gasteiger charge is 2.18. The van der Waals surface area contributed by atoms with Crippen LogP contribution in [-0.2, 0) is 0 Å². The molecule has 0 radical (unpaired) electrons. The number of para-hydroxylation sites is 3. The summed E-state index contributed by atoms with van der Waals surface area (Å²) in [5.41, 5.74) is 10.6. The van der Waals surface area contributed by atoms with Crippen molar-refractivity contribution in [3.05, 3.63) is 176 Å². The van der Waals surface area contributed by atoms with E-state index in [4.69, 9.17) is 4.42 Å². The molecule has 4 heteroatoms. The highest BCUT2D eigenvalue weighted by molar-refractivity contribution is 6.14. The van der Waals surface area contributed by atoms with Crippen molar-refractivity contribution in [3.8, 4) is 16.8 Å². The number of hydrogen-bond donors (Lipinski definition) is 0.